The van der Waals surface area contributed by atoms with Gasteiger partial charge in [-0.25, -0.2) is 14.7 Å². The summed E-state index contributed by atoms with van der Waals surface area (Å²) in [6.07, 6.45) is 0. The van der Waals surface area contributed by atoms with E-state index in [1.54, 1.807) is 0 Å². The fourth-order valence-corrected chi connectivity index (χ4v) is 0.541. The molecular formula is C2H7N3O3S. The van der Waals surface area contributed by atoms with Crippen LogP contribution in [0.3, 0.4) is 0 Å². The van der Waals surface area contributed by atoms with Gasteiger partial charge in [0.1, 0.15) is 0 Å². The molecule has 6 nitrogen and oxygen atoms in total. The Morgan fingerprint density at radius 1 is 1.56 bits per heavy atom. The van der Waals surface area contributed by atoms with Gasteiger partial charge in [-0.1, -0.05) is 0 Å². The van der Waals surface area contributed by atoms with E-state index in [4.69, 9.17) is 0 Å². The van der Waals surface area contributed by atoms with Gasteiger partial charge in [-0.2, -0.15) is 8.42 Å². The number of urea groups is 1. The van der Waals surface area contributed by atoms with Gasteiger partial charge in [0.15, 0.2) is 0 Å². The van der Waals surface area contributed by atoms with Crippen LogP contribution in [0.2, 0.25) is 0 Å². The third kappa shape index (κ3) is 5.04. The average Bonchev–Trinajstić information content (AvgIpc) is 1.62. The Bertz CT molecular complexity index is 195. The third-order valence-electron chi connectivity index (χ3n) is 0.462. The molecule has 54 valence electrons. The van der Waals surface area contributed by atoms with E-state index in [9.17, 15) is 13.2 Å². The number of hydrogen-bond acceptors (Lipinski definition) is 3. The zero-order chi connectivity index (χ0) is 7.49. The smallest absolute Gasteiger partial charge is 0.329 e. The summed E-state index contributed by atoms with van der Waals surface area (Å²) in [5, 5.41) is 6.42. The molecule has 0 saturated heterocycles. The highest BCUT2D eigenvalue weighted by atomic mass is 32.2. The zero-order valence-corrected chi connectivity index (χ0v) is 5.53. The summed E-state index contributed by atoms with van der Waals surface area (Å²) in [7, 11) is -2.62. The van der Waals surface area contributed by atoms with E-state index in [0.717, 1.165) is 0 Å². The Morgan fingerprint density at radius 3 is 2.11 bits per heavy atom. The minimum atomic E-state index is -3.90. The molecule has 0 fully saturated rings. The molecule has 2 amide bonds. The highest BCUT2D eigenvalue weighted by Crippen LogP contribution is 1.65. The van der Waals surface area contributed by atoms with Gasteiger partial charge in [0.25, 0.3) is 10.2 Å². The van der Waals surface area contributed by atoms with E-state index in [1.165, 1.54) is 11.8 Å². The van der Waals surface area contributed by atoms with Crippen LogP contribution < -0.4 is 15.2 Å². The van der Waals surface area contributed by atoms with Gasteiger partial charge in [-0.05, 0) is 0 Å². The number of hydrogen-bond donors (Lipinski definition) is 3. The zero-order valence-electron chi connectivity index (χ0n) is 4.71. The van der Waals surface area contributed by atoms with E-state index in [2.05, 4.69) is 5.14 Å². The van der Waals surface area contributed by atoms with Crippen molar-refractivity contribution >= 4 is 16.2 Å². The van der Waals surface area contributed by atoms with Gasteiger partial charge in [0.05, 0.1) is 0 Å². The molecule has 0 aliphatic heterocycles. The fourth-order valence-electron chi connectivity index (χ4n) is 0.180. The van der Waals surface area contributed by atoms with Crippen molar-refractivity contribution in [1.82, 2.24) is 10.0 Å². The lowest BCUT2D eigenvalue weighted by atomic mass is 11.0. The van der Waals surface area contributed by atoms with Crippen LogP contribution >= 0.6 is 0 Å². The molecule has 0 aromatic heterocycles. The maximum Gasteiger partial charge on any atom is 0.329 e. The number of carbonyl (C=O) groups excluding carboxylic acids is 1. The van der Waals surface area contributed by atoms with Crippen LogP contribution in [0.25, 0.3) is 0 Å². The average molecular weight is 153 g/mol. The predicted molar refractivity (Wildman–Crippen MR) is 30.7 cm³/mol. The lowest BCUT2D eigenvalue weighted by Gasteiger charge is -1.97. The van der Waals surface area contributed by atoms with Crippen molar-refractivity contribution in [3.8, 4) is 0 Å². The molecule has 0 rings (SSSR count). The molecule has 4 N–H and O–H groups in total. The number of amides is 2. The van der Waals surface area contributed by atoms with Crippen molar-refractivity contribution in [3.63, 3.8) is 0 Å². The standard InChI is InChI=1S/C2H7N3O3S/c1-4-2(6)5-9(3,7)8/h1H3,(H2,3,7,8)(H2,4,5,6). The number of carbonyl (C=O) groups is 1. The van der Waals surface area contributed by atoms with Gasteiger partial charge < -0.3 is 5.32 Å². The summed E-state index contributed by atoms with van der Waals surface area (Å²) in [4.78, 5) is 10.1. The Kier molecular flexibility index (Phi) is 2.41. The highest BCUT2D eigenvalue weighted by Gasteiger charge is 2.03. The lowest BCUT2D eigenvalue weighted by Crippen LogP contribution is -2.41. The van der Waals surface area contributed by atoms with E-state index < -0.39 is 16.2 Å². The maximum absolute atomic E-state index is 10.1. The second kappa shape index (κ2) is 2.65. The summed E-state index contributed by atoms with van der Waals surface area (Å²) in [6.45, 7) is 0. The van der Waals surface area contributed by atoms with Crippen molar-refractivity contribution in [2.75, 3.05) is 7.05 Å². The molecule has 0 saturated carbocycles. The summed E-state index contributed by atoms with van der Waals surface area (Å²) < 4.78 is 21.5. The van der Waals surface area contributed by atoms with Gasteiger partial charge >= 0.3 is 6.03 Å². The fraction of sp³-hybridized carbons (Fsp3) is 0.500. The van der Waals surface area contributed by atoms with Gasteiger partial charge in [0.2, 0.25) is 0 Å². The molecule has 0 radical (unpaired) electrons. The first-order chi connectivity index (χ1) is 3.95. The highest BCUT2D eigenvalue weighted by molar-refractivity contribution is 7.87. The molecule has 9 heavy (non-hydrogen) atoms. The molecule has 0 aliphatic rings. The SMILES string of the molecule is CNC(=O)NS(N)(=O)=O. The summed E-state index contributed by atoms with van der Waals surface area (Å²) in [5.41, 5.74) is 0. The molecule has 0 bridgehead atoms. The number of nitrogens with two attached hydrogens (primary N) is 1. The molecule has 7 heteroatoms. The Balaban J connectivity index is 3.91. The Hall–Kier alpha value is -0.820. The molecule has 0 aliphatic carbocycles. The molecule has 0 atom stereocenters. The van der Waals surface area contributed by atoms with Crippen LogP contribution in [0.15, 0.2) is 0 Å². The lowest BCUT2D eigenvalue weighted by molar-refractivity contribution is 0.248. The Labute approximate surface area is 52.6 Å². The van der Waals surface area contributed by atoms with Crippen molar-refractivity contribution < 1.29 is 13.2 Å². The molecule has 0 aromatic rings. The summed E-state index contributed by atoms with van der Waals surface area (Å²) in [6, 6.07) is -0.850. The molecular weight excluding hydrogens is 146 g/mol. The van der Waals surface area contributed by atoms with Crippen molar-refractivity contribution in [1.29, 1.82) is 0 Å². The van der Waals surface area contributed by atoms with Crippen molar-refractivity contribution in [2.45, 2.75) is 0 Å². The first kappa shape index (κ1) is 8.18. The normalized spacial score (nSPS) is 10.4. The van der Waals surface area contributed by atoms with Crippen molar-refractivity contribution in [2.24, 2.45) is 5.14 Å². The molecule has 0 aromatic carbocycles. The van der Waals surface area contributed by atoms with Crippen molar-refractivity contribution in [3.05, 3.63) is 0 Å². The topological polar surface area (TPSA) is 101 Å². The summed E-state index contributed by atoms with van der Waals surface area (Å²) in [5.74, 6) is 0. The van der Waals surface area contributed by atoms with Crippen LogP contribution in [-0.4, -0.2) is 21.5 Å². The van der Waals surface area contributed by atoms with Crippen LogP contribution in [0, 0.1) is 0 Å². The van der Waals surface area contributed by atoms with E-state index in [0.29, 0.717) is 0 Å². The number of nitrogens with one attached hydrogen (secondary N) is 2. The summed E-state index contributed by atoms with van der Waals surface area (Å²) >= 11 is 0. The molecule has 0 spiro atoms. The van der Waals surface area contributed by atoms with Crippen LogP contribution in [0.5, 0.6) is 0 Å². The predicted octanol–water partition coefficient (Wildman–Crippen LogP) is -1.88. The maximum atomic E-state index is 10.1. The minimum absolute atomic E-state index is 0.850. The largest absolute Gasteiger partial charge is 0.340 e. The van der Waals surface area contributed by atoms with E-state index >= 15 is 0 Å². The van der Waals surface area contributed by atoms with Crippen LogP contribution in [0.4, 0.5) is 4.79 Å². The monoisotopic (exact) mass is 153 g/mol. The second-order valence-corrected chi connectivity index (χ2v) is 2.52. The third-order valence-corrected chi connectivity index (χ3v) is 0.932. The van der Waals surface area contributed by atoms with E-state index in [-0.39, 0.29) is 0 Å². The quantitative estimate of drug-likeness (QED) is 0.411. The van der Waals surface area contributed by atoms with Gasteiger partial charge in [-0.15, -0.1) is 0 Å². The van der Waals surface area contributed by atoms with Crippen LogP contribution in [0.1, 0.15) is 0 Å². The van der Waals surface area contributed by atoms with Gasteiger partial charge in [-0.3, -0.25) is 0 Å². The molecule has 0 unspecified atom stereocenters. The minimum Gasteiger partial charge on any atom is -0.340 e. The molecule has 0 heterocycles. The first-order valence-electron chi connectivity index (χ1n) is 1.98. The van der Waals surface area contributed by atoms with E-state index in [1.807, 2.05) is 5.32 Å². The number of rotatable bonds is 1. The van der Waals surface area contributed by atoms with Gasteiger partial charge in [0, 0.05) is 7.05 Å². The van der Waals surface area contributed by atoms with Crippen LogP contribution in [-0.2, 0) is 10.2 Å². The Morgan fingerprint density at radius 2 is 2.00 bits per heavy atom. The first-order valence-corrected chi connectivity index (χ1v) is 3.52. The second-order valence-electron chi connectivity index (χ2n) is 1.23.